The van der Waals surface area contributed by atoms with Crippen LogP contribution < -0.4 is 0 Å². The molecule has 1 heterocycles. The van der Waals surface area contributed by atoms with Crippen molar-refractivity contribution in [1.29, 1.82) is 0 Å². The van der Waals surface area contributed by atoms with Gasteiger partial charge in [0, 0.05) is 30.0 Å². The lowest BCUT2D eigenvalue weighted by molar-refractivity contribution is -0.119. The molecule has 1 aromatic rings. The first kappa shape index (κ1) is 13.6. The fourth-order valence-electron chi connectivity index (χ4n) is 2.38. The molecule has 0 spiro atoms. The second-order valence-electron chi connectivity index (χ2n) is 5.52. The van der Waals surface area contributed by atoms with Crippen molar-refractivity contribution in [3.8, 4) is 0 Å². The smallest absolute Gasteiger partial charge is 0.151 e. The third-order valence-corrected chi connectivity index (χ3v) is 4.45. The van der Waals surface area contributed by atoms with Crippen molar-refractivity contribution in [1.82, 2.24) is 4.90 Å². The molecule has 2 rings (SSSR count). The van der Waals surface area contributed by atoms with E-state index in [0.29, 0.717) is 18.7 Å². The molecule has 0 atom stereocenters. The third kappa shape index (κ3) is 4.14. The molecule has 1 aliphatic heterocycles. The van der Waals surface area contributed by atoms with Gasteiger partial charge in [-0.2, -0.15) is 11.8 Å². The summed E-state index contributed by atoms with van der Waals surface area (Å²) in [6, 6.07) is 10.0. The monoisotopic (exact) mass is 263 g/mol. The van der Waals surface area contributed by atoms with Crippen LogP contribution in [0.3, 0.4) is 0 Å². The number of carbonyl (C=O) groups is 1. The molecule has 0 aliphatic carbocycles. The molecule has 0 N–H and O–H groups in total. The molecule has 1 aromatic carbocycles. The van der Waals surface area contributed by atoms with Crippen LogP contribution >= 0.6 is 11.8 Å². The van der Waals surface area contributed by atoms with Gasteiger partial charge in [-0.25, -0.2) is 0 Å². The van der Waals surface area contributed by atoms with E-state index in [4.69, 9.17) is 0 Å². The zero-order valence-electron chi connectivity index (χ0n) is 11.2. The Labute approximate surface area is 114 Å². The van der Waals surface area contributed by atoms with E-state index in [1.54, 1.807) is 0 Å². The highest BCUT2D eigenvalue weighted by molar-refractivity contribution is 8.00. The van der Waals surface area contributed by atoms with Crippen molar-refractivity contribution in [2.75, 3.05) is 25.4 Å². The lowest BCUT2D eigenvalue weighted by Gasteiger charge is -2.37. The maximum absolute atomic E-state index is 12.0. The maximum Gasteiger partial charge on any atom is 0.151 e. The standard InChI is InChI=1S/C15H21NOS/c1-15(2)12-16(8-9-18-15)11-14(17)10-13-6-4-3-5-7-13/h3-7H,8-12H2,1-2H3. The van der Waals surface area contributed by atoms with Crippen molar-refractivity contribution in [3.63, 3.8) is 0 Å². The normalized spacial score (nSPS) is 19.7. The Kier molecular flexibility index (Phi) is 4.46. The molecular weight excluding hydrogens is 242 g/mol. The minimum Gasteiger partial charge on any atom is -0.298 e. The lowest BCUT2D eigenvalue weighted by Crippen LogP contribution is -2.45. The van der Waals surface area contributed by atoms with Crippen LogP contribution in [0.2, 0.25) is 0 Å². The zero-order valence-corrected chi connectivity index (χ0v) is 12.0. The second-order valence-corrected chi connectivity index (χ2v) is 7.32. The summed E-state index contributed by atoms with van der Waals surface area (Å²) in [5.41, 5.74) is 1.12. The summed E-state index contributed by atoms with van der Waals surface area (Å²) < 4.78 is 0.283. The van der Waals surface area contributed by atoms with E-state index in [1.807, 2.05) is 42.1 Å². The highest BCUT2D eigenvalue weighted by atomic mass is 32.2. The first-order chi connectivity index (χ1) is 8.55. The van der Waals surface area contributed by atoms with Gasteiger partial charge in [-0.1, -0.05) is 30.3 Å². The number of Topliss-reactive ketones (excluding diaryl/α,β-unsaturated/α-hetero) is 1. The van der Waals surface area contributed by atoms with Crippen molar-refractivity contribution in [2.45, 2.75) is 25.0 Å². The van der Waals surface area contributed by atoms with Gasteiger partial charge in [0.05, 0.1) is 6.54 Å². The quantitative estimate of drug-likeness (QED) is 0.833. The number of rotatable bonds is 4. The fraction of sp³-hybridized carbons (Fsp3) is 0.533. The second kappa shape index (κ2) is 5.89. The van der Waals surface area contributed by atoms with Gasteiger partial charge >= 0.3 is 0 Å². The van der Waals surface area contributed by atoms with Crippen molar-refractivity contribution in [3.05, 3.63) is 35.9 Å². The van der Waals surface area contributed by atoms with Gasteiger partial charge in [-0.3, -0.25) is 9.69 Å². The molecule has 1 fully saturated rings. The molecular formula is C15H21NOS. The lowest BCUT2D eigenvalue weighted by atomic mass is 10.1. The molecule has 2 nitrogen and oxygen atoms in total. The van der Waals surface area contributed by atoms with E-state index < -0.39 is 0 Å². The Morgan fingerprint density at radius 2 is 2.06 bits per heavy atom. The van der Waals surface area contributed by atoms with E-state index in [9.17, 15) is 4.79 Å². The molecule has 0 bridgehead atoms. The average molecular weight is 263 g/mol. The fourth-order valence-corrected chi connectivity index (χ4v) is 3.55. The number of thioether (sulfide) groups is 1. The van der Waals surface area contributed by atoms with Crippen LogP contribution in [0.25, 0.3) is 0 Å². The highest BCUT2D eigenvalue weighted by Crippen LogP contribution is 2.29. The van der Waals surface area contributed by atoms with Crippen LogP contribution in [0, 0.1) is 0 Å². The summed E-state index contributed by atoms with van der Waals surface area (Å²) in [5, 5.41) is 0. The summed E-state index contributed by atoms with van der Waals surface area (Å²) in [4.78, 5) is 14.3. The minimum absolute atomic E-state index is 0.283. The van der Waals surface area contributed by atoms with E-state index in [2.05, 4.69) is 18.7 Å². The number of ketones is 1. The Hall–Kier alpha value is -0.800. The molecule has 98 valence electrons. The topological polar surface area (TPSA) is 20.3 Å². The van der Waals surface area contributed by atoms with Crippen molar-refractivity contribution < 1.29 is 4.79 Å². The third-order valence-electron chi connectivity index (χ3n) is 3.15. The summed E-state index contributed by atoms with van der Waals surface area (Å²) in [7, 11) is 0. The van der Waals surface area contributed by atoms with Gasteiger partial charge in [0.2, 0.25) is 0 Å². The van der Waals surface area contributed by atoms with Crippen LogP contribution in [0.4, 0.5) is 0 Å². The molecule has 0 unspecified atom stereocenters. The summed E-state index contributed by atoms with van der Waals surface area (Å²) in [5.74, 6) is 1.45. The van der Waals surface area contributed by atoms with E-state index in [0.717, 1.165) is 24.4 Å². The highest BCUT2D eigenvalue weighted by Gasteiger charge is 2.27. The van der Waals surface area contributed by atoms with Crippen LogP contribution in [0.15, 0.2) is 30.3 Å². The summed E-state index contributed by atoms with van der Waals surface area (Å²) in [6.45, 7) is 7.16. The van der Waals surface area contributed by atoms with Crippen molar-refractivity contribution in [2.24, 2.45) is 0 Å². The number of nitrogens with zero attached hydrogens (tertiary/aromatic N) is 1. The minimum atomic E-state index is 0.283. The Morgan fingerprint density at radius 1 is 1.33 bits per heavy atom. The van der Waals surface area contributed by atoms with E-state index in [-0.39, 0.29) is 4.75 Å². The summed E-state index contributed by atoms with van der Waals surface area (Å²) >= 11 is 2.00. The Morgan fingerprint density at radius 3 is 2.72 bits per heavy atom. The van der Waals surface area contributed by atoms with Gasteiger partial charge in [0.15, 0.2) is 5.78 Å². The van der Waals surface area contributed by atoms with Gasteiger partial charge in [0.1, 0.15) is 0 Å². The van der Waals surface area contributed by atoms with E-state index in [1.165, 1.54) is 0 Å². The maximum atomic E-state index is 12.0. The van der Waals surface area contributed by atoms with Gasteiger partial charge < -0.3 is 0 Å². The largest absolute Gasteiger partial charge is 0.298 e. The number of hydrogen-bond donors (Lipinski definition) is 0. The predicted molar refractivity (Wildman–Crippen MR) is 78.1 cm³/mol. The molecule has 0 aromatic heterocycles. The number of benzene rings is 1. The average Bonchev–Trinajstić information content (AvgIpc) is 2.28. The summed E-state index contributed by atoms with van der Waals surface area (Å²) in [6.07, 6.45) is 0.560. The molecule has 1 saturated heterocycles. The number of carbonyl (C=O) groups excluding carboxylic acids is 1. The van der Waals surface area contributed by atoms with E-state index >= 15 is 0 Å². The van der Waals surface area contributed by atoms with Crippen LogP contribution in [0.5, 0.6) is 0 Å². The zero-order chi connectivity index (χ0) is 13.0. The molecule has 3 heteroatoms. The number of hydrogen-bond acceptors (Lipinski definition) is 3. The Bertz CT molecular complexity index is 402. The Balaban J connectivity index is 1.84. The van der Waals surface area contributed by atoms with Crippen LogP contribution in [-0.4, -0.2) is 40.8 Å². The van der Waals surface area contributed by atoms with Gasteiger partial charge in [-0.05, 0) is 19.4 Å². The first-order valence-electron chi connectivity index (χ1n) is 6.47. The van der Waals surface area contributed by atoms with Crippen molar-refractivity contribution >= 4 is 17.5 Å². The molecule has 18 heavy (non-hydrogen) atoms. The van der Waals surface area contributed by atoms with Gasteiger partial charge in [0.25, 0.3) is 0 Å². The van der Waals surface area contributed by atoms with Crippen LogP contribution in [-0.2, 0) is 11.2 Å². The molecule has 0 saturated carbocycles. The SMILES string of the molecule is CC1(C)CN(CC(=O)Cc2ccccc2)CCS1. The molecule has 0 radical (unpaired) electrons. The molecule has 1 aliphatic rings. The predicted octanol–water partition coefficient (Wildman–Crippen LogP) is 2.63. The molecule has 0 amide bonds. The van der Waals surface area contributed by atoms with Gasteiger partial charge in [-0.15, -0.1) is 0 Å². The first-order valence-corrected chi connectivity index (χ1v) is 7.46. The van der Waals surface area contributed by atoms with Crippen LogP contribution in [0.1, 0.15) is 19.4 Å².